The van der Waals surface area contributed by atoms with Gasteiger partial charge in [-0.25, -0.2) is 0 Å². The predicted molar refractivity (Wildman–Crippen MR) is 124 cm³/mol. The van der Waals surface area contributed by atoms with Gasteiger partial charge >= 0.3 is 0 Å². The molecular weight excluding hydrogens is 507 g/mol. The quantitative estimate of drug-likeness (QED) is 0.159. The van der Waals surface area contributed by atoms with Crippen LogP contribution >= 0.6 is 0 Å². The van der Waals surface area contributed by atoms with E-state index in [9.17, 15) is 0 Å². The third kappa shape index (κ3) is 8.93. The van der Waals surface area contributed by atoms with Crippen molar-refractivity contribution in [3.05, 3.63) is 29.3 Å². The zero-order valence-corrected chi connectivity index (χ0v) is 23.4. The summed E-state index contributed by atoms with van der Waals surface area (Å²) < 4.78 is 0. The minimum atomic E-state index is -0.142. The number of nitrogens with zero attached hydrogens (tertiary/aromatic N) is 1. The molecule has 2 nitrogen and oxygen atoms in total. The molecule has 0 spiro atoms. The second kappa shape index (κ2) is 13.7. The Morgan fingerprint density at radius 1 is 0.929 bits per heavy atom. The molecule has 1 rings (SSSR count). The van der Waals surface area contributed by atoms with Gasteiger partial charge in [0.05, 0.1) is 5.54 Å². The molecule has 0 aliphatic carbocycles. The molecule has 0 radical (unpaired) electrons. The molecule has 0 aliphatic heterocycles. The molecule has 0 bridgehead atoms. The maximum absolute atomic E-state index is 4.91. The van der Waals surface area contributed by atoms with Crippen molar-refractivity contribution >= 4 is 11.4 Å². The van der Waals surface area contributed by atoms with Gasteiger partial charge in [0.25, 0.3) is 0 Å². The molecule has 0 saturated heterocycles. The van der Waals surface area contributed by atoms with E-state index in [1.54, 1.807) is 0 Å². The molecule has 0 aromatic heterocycles. The first-order valence-electron chi connectivity index (χ1n) is 11.1. The monoisotopic (exact) mass is 552 g/mol. The largest absolute Gasteiger partial charge is 0.374 e. The number of benzene rings is 1. The number of anilines is 1. The minimum Gasteiger partial charge on any atom is -0.374 e. The van der Waals surface area contributed by atoms with Crippen LogP contribution in [0.4, 0.5) is 5.69 Å². The van der Waals surface area contributed by atoms with Crippen molar-refractivity contribution in [1.82, 2.24) is 0 Å². The molecule has 0 fully saturated rings. The smallest absolute Gasteiger partial charge is 0.0693 e. The van der Waals surface area contributed by atoms with Crippen molar-refractivity contribution < 1.29 is 25.8 Å². The van der Waals surface area contributed by atoms with Gasteiger partial charge in [-0.2, -0.15) is 0 Å². The molecule has 0 atom stereocenters. The molecule has 0 amide bonds. The number of para-hydroxylation sites is 1. The van der Waals surface area contributed by atoms with Gasteiger partial charge < -0.3 is 5.32 Å². The summed E-state index contributed by atoms with van der Waals surface area (Å²) in [5.74, 6) is 1.00. The first kappa shape index (κ1) is 27.6. The summed E-state index contributed by atoms with van der Waals surface area (Å²) in [5, 5.41) is 3.86. The second-order valence-electron chi connectivity index (χ2n) is 9.11. The third-order valence-corrected chi connectivity index (χ3v) is 5.58. The standard InChI is InChI=1S/C25H44N2.Hf/c1-9-10-11-12-13-14-18-26-21(6)25(7,8)27-24-22(19(2)3)16-15-17-23(24)20(4)5;/h15-17,19-20,27H,9-14,18H2,1-8H3;. The van der Waals surface area contributed by atoms with Gasteiger partial charge in [0, 0.05) is 43.8 Å². The Kier molecular flexibility index (Phi) is 13.5. The average Bonchev–Trinajstić information content (AvgIpc) is 2.60. The maximum atomic E-state index is 4.91. The molecular formula is C25H44HfN2. The molecule has 28 heavy (non-hydrogen) atoms. The van der Waals surface area contributed by atoms with Crippen molar-refractivity contribution in [1.29, 1.82) is 0 Å². The van der Waals surface area contributed by atoms with Crippen LogP contribution in [0.3, 0.4) is 0 Å². The SMILES string of the molecule is CCCCCCCCN=C(C)C(C)(C)Nc1c(C(C)C)cccc1C(C)C.[Hf]. The molecule has 3 heteroatoms. The van der Waals surface area contributed by atoms with Crippen molar-refractivity contribution in [2.45, 2.75) is 111 Å². The normalized spacial score (nSPS) is 12.4. The maximum Gasteiger partial charge on any atom is 0.0693 e. The zero-order valence-electron chi connectivity index (χ0n) is 19.8. The van der Waals surface area contributed by atoms with E-state index in [4.69, 9.17) is 4.99 Å². The number of rotatable bonds is 12. The van der Waals surface area contributed by atoms with Crippen LogP contribution in [0, 0.1) is 0 Å². The first-order valence-corrected chi connectivity index (χ1v) is 11.1. The molecule has 0 aliphatic rings. The van der Waals surface area contributed by atoms with Gasteiger partial charge in [0.15, 0.2) is 0 Å². The fourth-order valence-corrected chi connectivity index (χ4v) is 3.43. The van der Waals surface area contributed by atoms with Crippen molar-refractivity contribution in [2.75, 3.05) is 11.9 Å². The van der Waals surface area contributed by atoms with Crippen molar-refractivity contribution in [2.24, 2.45) is 4.99 Å². The topological polar surface area (TPSA) is 24.4 Å². The van der Waals surface area contributed by atoms with E-state index in [1.165, 1.54) is 61.1 Å². The van der Waals surface area contributed by atoms with Crippen LogP contribution in [-0.4, -0.2) is 17.8 Å². The van der Waals surface area contributed by atoms with E-state index in [0.29, 0.717) is 11.8 Å². The summed E-state index contributed by atoms with van der Waals surface area (Å²) in [5.41, 5.74) is 5.17. The van der Waals surface area contributed by atoms with Crippen molar-refractivity contribution in [3.63, 3.8) is 0 Å². The van der Waals surface area contributed by atoms with Crippen molar-refractivity contribution in [3.8, 4) is 0 Å². The fourth-order valence-electron chi connectivity index (χ4n) is 3.43. The van der Waals surface area contributed by atoms with Gasteiger partial charge in [-0.1, -0.05) is 84.9 Å². The Balaban J connectivity index is 0.00000729. The van der Waals surface area contributed by atoms with Crippen LogP contribution in [0.1, 0.15) is 117 Å². The van der Waals surface area contributed by atoms with Gasteiger partial charge in [0.2, 0.25) is 0 Å². The van der Waals surface area contributed by atoms with Crippen LogP contribution in [-0.2, 0) is 25.8 Å². The van der Waals surface area contributed by atoms with E-state index in [-0.39, 0.29) is 31.4 Å². The minimum absolute atomic E-state index is 0. The number of hydrogen-bond acceptors (Lipinski definition) is 2. The van der Waals surface area contributed by atoms with Crippen LogP contribution in [0.5, 0.6) is 0 Å². The zero-order chi connectivity index (χ0) is 20.4. The summed E-state index contributed by atoms with van der Waals surface area (Å²) in [4.78, 5) is 4.91. The van der Waals surface area contributed by atoms with E-state index >= 15 is 0 Å². The van der Waals surface area contributed by atoms with E-state index in [0.717, 1.165) is 6.54 Å². The molecule has 0 heterocycles. The Hall–Kier alpha value is -0.440. The van der Waals surface area contributed by atoms with Crippen LogP contribution < -0.4 is 5.32 Å². The third-order valence-electron chi connectivity index (χ3n) is 5.58. The predicted octanol–water partition coefficient (Wildman–Crippen LogP) is 7.94. The molecule has 1 N–H and O–H groups in total. The van der Waals surface area contributed by atoms with Gasteiger partial charge in [0.1, 0.15) is 0 Å². The van der Waals surface area contributed by atoms with Crippen LogP contribution in [0.2, 0.25) is 0 Å². The Morgan fingerprint density at radius 3 is 1.93 bits per heavy atom. The molecule has 0 saturated carbocycles. The number of aliphatic imine (C=N–C) groups is 1. The van der Waals surface area contributed by atoms with Gasteiger partial charge in [-0.3, -0.25) is 4.99 Å². The number of nitrogens with one attached hydrogen (secondary N) is 1. The molecule has 1 aromatic carbocycles. The Labute approximate surface area is 194 Å². The van der Waals surface area contributed by atoms with Crippen LogP contribution in [0.25, 0.3) is 0 Å². The molecule has 1 aromatic rings. The fraction of sp³-hybridized carbons (Fsp3) is 0.720. The Bertz CT molecular complexity index is 562. The van der Waals surface area contributed by atoms with Gasteiger partial charge in [-0.15, -0.1) is 0 Å². The summed E-state index contributed by atoms with van der Waals surface area (Å²) in [6, 6.07) is 6.72. The van der Waals surface area contributed by atoms with E-state index < -0.39 is 0 Å². The number of hydrogen-bond donors (Lipinski definition) is 1. The van der Waals surface area contributed by atoms with E-state index in [2.05, 4.69) is 78.9 Å². The number of unbranched alkanes of at least 4 members (excludes halogenated alkanes) is 5. The summed E-state index contributed by atoms with van der Waals surface area (Å²) in [6.07, 6.45) is 7.91. The Morgan fingerprint density at radius 2 is 1.43 bits per heavy atom. The van der Waals surface area contributed by atoms with Crippen LogP contribution in [0.15, 0.2) is 23.2 Å². The molecule has 0 unspecified atom stereocenters. The van der Waals surface area contributed by atoms with Gasteiger partial charge in [-0.05, 0) is 50.2 Å². The summed E-state index contributed by atoms with van der Waals surface area (Å²) >= 11 is 0. The summed E-state index contributed by atoms with van der Waals surface area (Å²) in [6.45, 7) is 19.0. The molecule has 158 valence electrons. The van der Waals surface area contributed by atoms with E-state index in [1.807, 2.05) is 0 Å². The average molecular weight is 551 g/mol. The summed E-state index contributed by atoms with van der Waals surface area (Å²) in [7, 11) is 0. The second-order valence-corrected chi connectivity index (χ2v) is 9.11. The first-order chi connectivity index (χ1) is 12.7.